The largest absolute Gasteiger partial charge is 0.457 e. The minimum Gasteiger partial charge on any atom is -0.457 e. The van der Waals surface area contributed by atoms with Crippen LogP contribution in [0, 0.1) is 6.92 Å². The summed E-state index contributed by atoms with van der Waals surface area (Å²) in [5.41, 5.74) is 4.17. The quantitative estimate of drug-likeness (QED) is 0.355. The van der Waals surface area contributed by atoms with Crippen LogP contribution >= 0.6 is 0 Å². The molecular weight excluding hydrogens is 468 g/mol. The molecule has 7 nitrogen and oxygen atoms in total. The monoisotopic (exact) mass is 488 g/mol. The number of hydrogen-bond donors (Lipinski definition) is 0. The minimum absolute atomic E-state index is 0.280. The van der Waals surface area contributed by atoms with Gasteiger partial charge >= 0.3 is 0 Å². The molecule has 180 valence electrons. The van der Waals surface area contributed by atoms with Crippen LogP contribution in [0.3, 0.4) is 0 Å². The molecule has 2 aliphatic heterocycles. The summed E-state index contributed by atoms with van der Waals surface area (Å²) >= 11 is 0. The molecule has 4 amide bonds. The summed E-state index contributed by atoms with van der Waals surface area (Å²) in [7, 11) is 1.44. The maximum absolute atomic E-state index is 13.3. The third-order valence-electron chi connectivity index (χ3n) is 6.66. The van der Waals surface area contributed by atoms with Crippen molar-refractivity contribution in [1.29, 1.82) is 0 Å². The molecular formula is C30H20N2O5. The first-order chi connectivity index (χ1) is 17.8. The molecule has 0 bridgehead atoms. The van der Waals surface area contributed by atoms with Crippen LogP contribution in [-0.4, -0.2) is 35.6 Å². The van der Waals surface area contributed by atoms with Gasteiger partial charge in [0, 0.05) is 7.05 Å². The van der Waals surface area contributed by atoms with Gasteiger partial charge in [-0.2, -0.15) is 0 Å². The summed E-state index contributed by atoms with van der Waals surface area (Å²) in [5, 5.41) is 0. The Morgan fingerprint density at radius 3 is 1.59 bits per heavy atom. The third kappa shape index (κ3) is 3.60. The van der Waals surface area contributed by atoms with E-state index in [1.807, 2.05) is 31.2 Å². The van der Waals surface area contributed by atoms with Crippen molar-refractivity contribution >= 4 is 29.3 Å². The lowest BCUT2D eigenvalue weighted by atomic mass is 9.97. The van der Waals surface area contributed by atoms with E-state index in [0.29, 0.717) is 45.0 Å². The summed E-state index contributed by atoms with van der Waals surface area (Å²) in [4.78, 5) is 53.2. The van der Waals surface area contributed by atoms with Crippen LogP contribution in [0.15, 0.2) is 84.9 Å². The average Bonchev–Trinajstić information content (AvgIpc) is 3.29. The Balaban J connectivity index is 1.27. The number of amides is 4. The SMILES string of the molecule is Cc1ccc(Oc2ccc(N3C(=O)c4ccc(-c5ccc6c(c5)C(=O)N(C)C6=O)cc4C3=O)cc2)cc1. The molecule has 6 rings (SSSR count). The van der Waals surface area contributed by atoms with Crippen molar-refractivity contribution in [3.8, 4) is 22.6 Å². The van der Waals surface area contributed by atoms with E-state index in [2.05, 4.69) is 0 Å². The molecule has 4 aromatic rings. The second-order valence-electron chi connectivity index (χ2n) is 9.04. The van der Waals surface area contributed by atoms with Crippen molar-refractivity contribution in [1.82, 2.24) is 4.90 Å². The lowest BCUT2D eigenvalue weighted by Gasteiger charge is -2.14. The topological polar surface area (TPSA) is 84.0 Å². The number of carbonyl (C=O) groups is 4. The lowest BCUT2D eigenvalue weighted by Crippen LogP contribution is -2.29. The van der Waals surface area contributed by atoms with Gasteiger partial charge in [-0.25, -0.2) is 4.90 Å². The van der Waals surface area contributed by atoms with E-state index in [4.69, 9.17) is 4.74 Å². The molecule has 0 spiro atoms. The first-order valence-corrected chi connectivity index (χ1v) is 11.7. The predicted molar refractivity (Wildman–Crippen MR) is 137 cm³/mol. The summed E-state index contributed by atoms with van der Waals surface area (Å²) in [5.74, 6) is -0.267. The van der Waals surface area contributed by atoms with Crippen LogP contribution in [0.2, 0.25) is 0 Å². The van der Waals surface area contributed by atoms with E-state index in [9.17, 15) is 19.2 Å². The Labute approximate surface area is 212 Å². The molecule has 37 heavy (non-hydrogen) atoms. The molecule has 2 aliphatic rings. The number of rotatable bonds is 4. The number of ether oxygens (including phenoxy) is 1. The van der Waals surface area contributed by atoms with Crippen LogP contribution < -0.4 is 9.64 Å². The van der Waals surface area contributed by atoms with E-state index in [1.54, 1.807) is 60.7 Å². The molecule has 0 saturated heterocycles. The molecule has 0 radical (unpaired) electrons. The summed E-state index contributed by atoms with van der Waals surface area (Å²) < 4.78 is 5.85. The second-order valence-corrected chi connectivity index (χ2v) is 9.04. The van der Waals surface area contributed by atoms with Gasteiger partial charge < -0.3 is 4.74 Å². The van der Waals surface area contributed by atoms with Crippen molar-refractivity contribution in [2.24, 2.45) is 0 Å². The summed E-state index contributed by atoms with van der Waals surface area (Å²) in [6.07, 6.45) is 0. The standard InChI is InChI=1S/C30H20N2O5/c1-17-3-9-21(10-4-17)37-22-11-7-20(8-12-22)32-29(35)24-14-6-19(16-26(24)30(32)36)18-5-13-23-25(15-18)28(34)31(2)27(23)33/h3-16H,1-2H3. The van der Waals surface area contributed by atoms with Crippen molar-refractivity contribution in [2.45, 2.75) is 6.92 Å². The molecule has 4 aromatic carbocycles. The van der Waals surface area contributed by atoms with Crippen molar-refractivity contribution in [3.63, 3.8) is 0 Å². The third-order valence-corrected chi connectivity index (χ3v) is 6.66. The van der Waals surface area contributed by atoms with E-state index >= 15 is 0 Å². The van der Waals surface area contributed by atoms with E-state index in [0.717, 1.165) is 15.4 Å². The number of benzene rings is 4. The van der Waals surface area contributed by atoms with Gasteiger partial charge in [-0.3, -0.25) is 24.1 Å². The van der Waals surface area contributed by atoms with Crippen molar-refractivity contribution < 1.29 is 23.9 Å². The number of imide groups is 2. The van der Waals surface area contributed by atoms with Gasteiger partial charge in [0.15, 0.2) is 0 Å². The zero-order valence-electron chi connectivity index (χ0n) is 20.0. The van der Waals surface area contributed by atoms with Crippen LogP contribution in [-0.2, 0) is 0 Å². The molecule has 7 heteroatoms. The van der Waals surface area contributed by atoms with Crippen molar-refractivity contribution in [2.75, 3.05) is 11.9 Å². The highest BCUT2D eigenvalue weighted by Crippen LogP contribution is 2.34. The number of aryl methyl sites for hydroxylation is 1. The Kier molecular flexibility index (Phi) is 5.01. The molecule has 0 fully saturated rings. The average molecular weight is 488 g/mol. The lowest BCUT2D eigenvalue weighted by molar-refractivity contribution is 0.0692. The Bertz CT molecular complexity index is 1640. The molecule has 0 N–H and O–H groups in total. The minimum atomic E-state index is -0.429. The normalized spacial score (nSPS) is 14.3. The highest BCUT2D eigenvalue weighted by molar-refractivity contribution is 6.34. The van der Waals surface area contributed by atoms with E-state index < -0.39 is 11.8 Å². The number of fused-ring (bicyclic) bond motifs is 2. The van der Waals surface area contributed by atoms with Gasteiger partial charge in [0.1, 0.15) is 11.5 Å². The second kappa shape index (κ2) is 8.27. The number of carbonyl (C=O) groups excluding carboxylic acids is 4. The van der Waals surface area contributed by atoms with Crippen LogP contribution in [0.5, 0.6) is 11.5 Å². The number of nitrogens with zero attached hydrogens (tertiary/aromatic N) is 2. The zero-order chi connectivity index (χ0) is 25.8. The predicted octanol–water partition coefficient (Wildman–Crippen LogP) is 5.48. The van der Waals surface area contributed by atoms with Gasteiger partial charge in [-0.15, -0.1) is 0 Å². The molecule has 0 aliphatic carbocycles. The fourth-order valence-corrected chi connectivity index (χ4v) is 4.60. The van der Waals surface area contributed by atoms with Gasteiger partial charge in [0.2, 0.25) is 0 Å². The van der Waals surface area contributed by atoms with Crippen LogP contribution in [0.4, 0.5) is 5.69 Å². The smallest absolute Gasteiger partial charge is 0.266 e. The zero-order valence-corrected chi connectivity index (χ0v) is 20.0. The number of anilines is 1. The Hall–Kier alpha value is -5.04. The van der Waals surface area contributed by atoms with Gasteiger partial charge in [-0.05, 0) is 78.7 Å². The molecule has 0 unspecified atom stereocenters. The van der Waals surface area contributed by atoms with Crippen LogP contribution in [0.25, 0.3) is 11.1 Å². The first kappa shape index (κ1) is 22.4. The fourth-order valence-electron chi connectivity index (χ4n) is 4.60. The fraction of sp³-hybridized carbons (Fsp3) is 0.0667. The van der Waals surface area contributed by atoms with Gasteiger partial charge in [0.25, 0.3) is 23.6 Å². The van der Waals surface area contributed by atoms with Crippen molar-refractivity contribution in [3.05, 3.63) is 113 Å². The van der Waals surface area contributed by atoms with Gasteiger partial charge in [0.05, 0.1) is 27.9 Å². The highest BCUT2D eigenvalue weighted by Gasteiger charge is 2.37. The Morgan fingerprint density at radius 1 is 0.541 bits per heavy atom. The first-order valence-electron chi connectivity index (χ1n) is 11.7. The van der Waals surface area contributed by atoms with Gasteiger partial charge in [-0.1, -0.05) is 29.8 Å². The molecule has 0 saturated carbocycles. The molecule has 0 atom stereocenters. The number of hydrogen-bond acceptors (Lipinski definition) is 5. The van der Waals surface area contributed by atoms with Crippen LogP contribution in [0.1, 0.15) is 47.0 Å². The van der Waals surface area contributed by atoms with E-state index in [-0.39, 0.29) is 17.4 Å². The summed E-state index contributed by atoms with van der Waals surface area (Å²) in [6.45, 7) is 2.00. The highest BCUT2D eigenvalue weighted by atomic mass is 16.5. The Morgan fingerprint density at radius 2 is 1.00 bits per heavy atom. The van der Waals surface area contributed by atoms with E-state index in [1.165, 1.54) is 7.05 Å². The summed E-state index contributed by atoms with van der Waals surface area (Å²) in [6, 6.07) is 24.4. The maximum Gasteiger partial charge on any atom is 0.266 e. The maximum atomic E-state index is 13.3. The molecule has 0 aromatic heterocycles. The molecule has 2 heterocycles.